The van der Waals surface area contributed by atoms with Crippen molar-refractivity contribution in [2.45, 2.75) is 130 Å². The molecule has 0 saturated carbocycles. The van der Waals surface area contributed by atoms with Gasteiger partial charge in [0.25, 0.3) is 0 Å². The third-order valence-electron chi connectivity index (χ3n) is 7.47. The van der Waals surface area contributed by atoms with Gasteiger partial charge in [-0.15, -0.1) is 0 Å². The molecule has 1 aromatic rings. The summed E-state index contributed by atoms with van der Waals surface area (Å²) in [4.78, 5) is 0. The molecule has 32 heavy (non-hydrogen) atoms. The lowest BCUT2D eigenvalue weighted by Gasteiger charge is -2.47. The molecule has 0 N–H and O–H groups in total. The molecule has 0 aliphatic carbocycles. The van der Waals surface area contributed by atoms with E-state index >= 15 is 0 Å². The van der Waals surface area contributed by atoms with Gasteiger partial charge in [0, 0.05) is 6.42 Å². The number of hydrogen-bond donors (Lipinski definition) is 0. The average Bonchev–Trinajstić information content (AvgIpc) is 2.71. The fourth-order valence-electron chi connectivity index (χ4n) is 4.03. The Morgan fingerprint density at radius 3 is 2.03 bits per heavy atom. The molecule has 1 aromatic carbocycles. The minimum Gasteiger partial charge on any atom is -0.411 e. The molecular formula is C26H50O4Si2. The Hall–Kier alpha value is -0.506. The van der Waals surface area contributed by atoms with Crippen molar-refractivity contribution in [3.8, 4) is 0 Å². The van der Waals surface area contributed by atoms with Gasteiger partial charge in [-0.2, -0.15) is 0 Å². The van der Waals surface area contributed by atoms with Crippen molar-refractivity contribution < 1.29 is 18.3 Å². The molecule has 0 spiro atoms. The summed E-state index contributed by atoms with van der Waals surface area (Å²) in [5.41, 5.74) is 1.18. The molecule has 0 radical (unpaired) electrons. The van der Waals surface area contributed by atoms with Gasteiger partial charge in [-0.1, -0.05) is 79.3 Å². The summed E-state index contributed by atoms with van der Waals surface area (Å²) in [5, 5.41) is 0.144. The first-order chi connectivity index (χ1) is 14.5. The van der Waals surface area contributed by atoms with E-state index in [9.17, 15) is 0 Å². The molecule has 2 rings (SSSR count). The van der Waals surface area contributed by atoms with Crippen LogP contribution in [-0.2, 0) is 24.9 Å². The van der Waals surface area contributed by atoms with Crippen LogP contribution < -0.4 is 0 Å². The van der Waals surface area contributed by atoms with Crippen LogP contribution in [0.25, 0.3) is 0 Å². The Balaban J connectivity index is 0.00000512. The van der Waals surface area contributed by atoms with E-state index in [0.29, 0.717) is 6.61 Å². The zero-order chi connectivity index (χ0) is 23.3. The van der Waals surface area contributed by atoms with Gasteiger partial charge < -0.3 is 18.3 Å². The Kier molecular flexibility index (Phi) is 11.3. The van der Waals surface area contributed by atoms with Crippen LogP contribution in [0.1, 0.15) is 67.9 Å². The Morgan fingerprint density at radius 1 is 0.969 bits per heavy atom. The summed E-state index contributed by atoms with van der Waals surface area (Å²) in [6, 6.07) is 13.8. The molecule has 4 atom stereocenters. The Morgan fingerprint density at radius 2 is 1.53 bits per heavy atom. The lowest BCUT2D eigenvalue weighted by molar-refractivity contribution is -0.231. The van der Waals surface area contributed by atoms with Gasteiger partial charge in [-0.3, -0.25) is 0 Å². The second-order valence-electron chi connectivity index (χ2n) is 10.5. The second-order valence-corrected chi connectivity index (χ2v) is 20.0. The normalized spacial score (nSPS) is 24.8. The lowest BCUT2D eigenvalue weighted by atomic mass is 10.0. The zero-order valence-electron chi connectivity index (χ0n) is 21.4. The fourth-order valence-corrected chi connectivity index (χ4v) is 8.06. The van der Waals surface area contributed by atoms with Crippen LogP contribution in [0.3, 0.4) is 0 Å². The van der Waals surface area contributed by atoms with E-state index in [2.05, 4.69) is 85.8 Å². The van der Waals surface area contributed by atoms with Gasteiger partial charge in [0.2, 0.25) is 0 Å². The van der Waals surface area contributed by atoms with Crippen molar-refractivity contribution in [2.75, 3.05) is 0 Å². The number of ether oxygens (including phenoxy) is 2. The van der Waals surface area contributed by atoms with Crippen molar-refractivity contribution in [3.63, 3.8) is 0 Å². The third kappa shape index (κ3) is 7.50. The maximum atomic E-state index is 7.00. The first-order valence-electron chi connectivity index (χ1n) is 12.1. The first-order valence-corrected chi connectivity index (χ1v) is 17.6. The highest BCUT2D eigenvalue weighted by Crippen LogP contribution is 2.40. The number of benzene rings is 1. The summed E-state index contributed by atoms with van der Waals surface area (Å²) < 4.78 is 26.5. The molecule has 186 valence electrons. The summed E-state index contributed by atoms with van der Waals surface area (Å²) in [5.74, 6) is 0. The van der Waals surface area contributed by atoms with Crippen LogP contribution in [0.2, 0.25) is 36.3 Å². The Bertz CT molecular complexity index is 647. The highest BCUT2D eigenvalue weighted by molar-refractivity contribution is 6.74. The average molecular weight is 483 g/mol. The third-order valence-corrected chi connectivity index (χ3v) is 16.6. The van der Waals surface area contributed by atoms with E-state index in [1.54, 1.807) is 0 Å². The van der Waals surface area contributed by atoms with Crippen molar-refractivity contribution in [3.05, 3.63) is 35.9 Å². The van der Waals surface area contributed by atoms with Gasteiger partial charge in [-0.25, -0.2) is 0 Å². The molecule has 0 bridgehead atoms. The van der Waals surface area contributed by atoms with E-state index in [-0.39, 0.29) is 37.1 Å². The topological polar surface area (TPSA) is 36.9 Å². The molecule has 1 aliphatic heterocycles. The SMILES string of the molecule is C.CC[Si](CC)(CC)OC1CC(O[Si](C)(C)C(C)(C)C)OC(C)C1OCc1ccccc1. The highest BCUT2D eigenvalue weighted by Gasteiger charge is 2.46. The predicted octanol–water partition coefficient (Wildman–Crippen LogP) is 7.76. The summed E-state index contributed by atoms with van der Waals surface area (Å²) in [7, 11) is -3.73. The smallest absolute Gasteiger partial charge is 0.195 e. The summed E-state index contributed by atoms with van der Waals surface area (Å²) in [6.07, 6.45) is 0.361. The quantitative estimate of drug-likeness (QED) is 0.319. The molecule has 0 amide bonds. The Labute approximate surface area is 200 Å². The lowest BCUT2D eigenvalue weighted by Crippen LogP contribution is -2.56. The molecule has 1 fully saturated rings. The van der Waals surface area contributed by atoms with Gasteiger partial charge in [0.15, 0.2) is 22.9 Å². The predicted molar refractivity (Wildman–Crippen MR) is 141 cm³/mol. The molecule has 1 heterocycles. The van der Waals surface area contributed by atoms with Crippen LogP contribution in [0.15, 0.2) is 30.3 Å². The van der Waals surface area contributed by atoms with Crippen LogP contribution in [0.4, 0.5) is 0 Å². The monoisotopic (exact) mass is 482 g/mol. The van der Waals surface area contributed by atoms with E-state index in [1.807, 2.05) is 6.07 Å². The largest absolute Gasteiger partial charge is 0.411 e. The molecule has 1 saturated heterocycles. The van der Waals surface area contributed by atoms with Crippen molar-refractivity contribution in [1.82, 2.24) is 0 Å². The van der Waals surface area contributed by atoms with E-state index in [4.69, 9.17) is 18.3 Å². The van der Waals surface area contributed by atoms with Crippen molar-refractivity contribution in [2.24, 2.45) is 0 Å². The standard InChI is InChI=1S/C25H46O4Si2.CH4/c1-10-31(11-2,12-3)28-22-18-23(29-30(8,9)25(5,6)7)27-20(4)24(22)26-19-21-16-14-13-15-17-21;/h13-17,20,22-24H,10-12,18-19H2,1-9H3;1H4. The van der Waals surface area contributed by atoms with Gasteiger partial charge in [-0.05, 0) is 48.8 Å². The second kappa shape index (κ2) is 12.3. The highest BCUT2D eigenvalue weighted by atomic mass is 28.4. The van der Waals surface area contributed by atoms with Crippen molar-refractivity contribution >= 4 is 16.6 Å². The van der Waals surface area contributed by atoms with Gasteiger partial charge >= 0.3 is 0 Å². The van der Waals surface area contributed by atoms with Crippen LogP contribution in [0, 0.1) is 0 Å². The zero-order valence-corrected chi connectivity index (χ0v) is 23.4. The van der Waals surface area contributed by atoms with Crippen LogP contribution in [-0.4, -0.2) is 41.2 Å². The number of hydrogen-bond acceptors (Lipinski definition) is 4. The number of rotatable bonds is 10. The maximum absolute atomic E-state index is 7.00. The van der Waals surface area contributed by atoms with E-state index in [0.717, 1.165) is 24.6 Å². The summed E-state index contributed by atoms with van der Waals surface area (Å²) >= 11 is 0. The minimum atomic E-state index is -1.94. The molecule has 4 nitrogen and oxygen atoms in total. The van der Waals surface area contributed by atoms with Crippen LogP contribution >= 0.6 is 0 Å². The minimum absolute atomic E-state index is 0. The molecule has 0 aromatic heterocycles. The van der Waals surface area contributed by atoms with Gasteiger partial charge in [0.1, 0.15) is 6.10 Å². The summed E-state index contributed by atoms with van der Waals surface area (Å²) in [6.45, 7) is 20.9. The van der Waals surface area contributed by atoms with Crippen LogP contribution in [0.5, 0.6) is 0 Å². The van der Waals surface area contributed by atoms with Gasteiger partial charge in [0.05, 0.1) is 18.8 Å². The van der Waals surface area contributed by atoms with E-state index < -0.39 is 16.6 Å². The fraction of sp³-hybridized carbons (Fsp3) is 0.769. The van der Waals surface area contributed by atoms with Crippen molar-refractivity contribution in [1.29, 1.82) is 0 Å². The molecular weight excluding hydrogens is 432 g/mol. The molecule has 4 unspecified atom stereocenters. The molecule has 1 aliphatic rings. The molecule has 6 heteroatoms. The van der Waals surface area contributed by atoms with E-state index in [1.165, 1.54) is 5.56 Å². The maximum Gasteiger partial charge on any atom is 0.195 e. The first kappa shape index (κ1) is 29.5.